The molecule has 25 heavy (non-hydrogen) atoms. The summed E-state index contributed by atoms with van der Waals surface area (Å²) in [6.07, 6.45) is 5.46. The number of imidazole rings is 1. The number of halogens is 1. The maximum Gasteiger partial charge on any atom is 0.220 e. The number of aromatic nitrogens is 2. The fourth-order valence-electron chi connectivity index (χ4n) is 2.76. The maximum absolute atomic E-state index is 14.3. The van der Waals surface area contributed by atoms with Gasteiger partial charge in [-0.15, -0.1) is 11.3 Å². The normalized spacial score (nSPS) is 12.1. The first kappa shape index (κ1) is 17.4. The molecule has 1 amide bonds. The Morgan fingerprint density at radius 2 is 2.16 bits per heavy atom. The van der Waals surface area contributed by atoms with Gasteiger partial charge in [-0.1, -0.05) is 24.3 Å². The molecule has 0 unspecified atom stereocenters. The third-order valence-corrected chi connectivity index (χ3v) is 4.98. The average Bonchev–Trinajstić information content (AvgIpc) is 3.25. The van der Waals surface area contributed by atoms with Crippen molar-refractivity contribution in [2.24, 2.45) is 7.05 Å². The van der Waals surface area contributed by atoms with Crippen LogP contribution in [0.2, 0.25) is 0 Å². The Labute approximate surface area is 150 Å². The van der Waals surface area contributed by atoms with Crippen LogP contribution >= 0.6 is 11.3 Å². The molecule has 0 bridgehead atoms. The number of hydrogen-bond donors (Lipinski definition) is 1. The van der Waals surface area contributed by atoms with Crippen LogP contribution < -0.4 is 5.32 Å². The molecule has 4 nitrogen and oxygen atoms in total. The first-order valence-electron chi connectivity index (χ1n) is 8.18. The molecule has 1 atom stereocenters. The van der Waals surface area contributed by atoms with Crippen LogP contribution in [-0.4, -0.2) is 15.5 Å². The van der Waals surface area contributed by atoms with Crippen LogP contribution in [-0.2, 0) is 18.3 Å². The van der Waals surface area contributed by atoms with Gasteiger partial charge in [-0.05, 0) is 30.4 Å². The summed E-state index contributed by atoms with van der Waals surface area (Å²) in [5, 5.41) is 4.97. The molecular weight excluding hydrogens is 337 g/mol. The van der Waals surface area contributed by atoms with Gasteiger partial charge in [0, 0.05) is 36.3 Å². The second-order valence-corrected chi connectivity index (χ2v) is 6.88. The maximum atomic E-state index is 14.3. The number of hydrogen-bond acceptors (Lipinski definition) is 3. The number of thiophene rings is 1. The molecule has 0 saturated heterocycles. The van der Waals surface area contributed by atoms with E-state index in [0.717, 1.165) is 12.8 Å². The fourth-order valence-corrected chi connectivity index (χ4v) is 3.51. The first-order chi connectivity index (χ1) is 12.1. The predicted molar refractivity (Wildman–Crippen MR) is 96.9 cm³/mol. The lowest BCUT2D eigenvalue weighted by Crippen LogP contribution is -2.31. The third kappa shape index (κ3) is 4.33. The first-order valence-corrected chi connectivity index (χ1v) is 9.06. The molecule has 3 rings (SSSR count). The summed E-state index contributed by atoms with van der Waals surface area (Å²) in [5.74, 6) is 0.152. The van der Waals surface area contributed by atoms with Gasteiger partial charge in [0.05, 0.1) is 0 Å². The molecule has 0 aliphatic rings. The molecule has 0 radical (unpaired) electrons. The number of benzene rings is 1. The highest BCUT2D eigenvalue weighted by Gasteiger charge is 2.23. The highest BCUT2D eigenvalue weighted by atomic mass is 32.1. The lowest BCUT2D eigenvalue weighted by atomic mass is 10.0. The van der Waals surface area contributed by atoms with Gasteiger partial charge in [0.2, 0.25) is 5.91 Å². The van der Waals surface area contributed by atoms with Gasteiger partial charge in [-0.2, -0.15) is 0 Å². The Bertz CT molecular complexity index is 829. The van der Waals surface area contributed by atoms with Crippen molar-refractivity contribution >= 4 is 17.2 Å². The van der Waals surface area contributed by atoms with Crippen molar-refractivity contribution in [3.8, 4) is 0 Å². The van der Waals surface area contributed by atoms with E-state index < -0.39 is 6.04 Å². The summed E-state index contributed by atoms with van der Waals surface area (Å²) >= 11 is 1.69. The highest BCUT2D eigenvalue weighted by molar-refractivity contribution is 7.09. The summed E-state index contributed by atoms with van der Waals surface area (Å²) in [4.78, 5) is 18.0. The molecule has 3 aromatic rings. The van der Waals surface area contributed by atoms with E-state index in [-0.39, 0.29) is 11.7 Å². The zero-order valence-electron chi connectivity index (χ0n) is 14.0. The SMILES string of the molecule is Cn1ccnc1[C@@H](NC(=O)CCCc1cccs1)c1ccccc1F. The van der Waals surface area contributed by atoms with E-state index in [2.05, 4.69) is 16.4 Å². The zero-order chi connectivity index (χ0) is 17.6. The Hall–Kier alpha value is -2.47. The Kier molecular flexibility index (Phi) is 5.60. The molecule has 0 spiro atoms. The zero-order valence-corrected chi connectivity index (χ0v) is 14.8. The van der Waals surface area contributed by atoms with Crippen LogP contribution in [0.3, 0.4) is 0 Å². The number of amides is 1. The number of carbonyl (C=O) groups excluding carboxylic acids is 1. The Morgan fingerprint density at radius 3 is 2.84 bits per heavy atom. The minimum Gasteiger partial charge on any atom is -0.342 e. The number of nitrogens with one attached hydrogen (secondary N) is 1. The van der Waals surface area contributed by atoms with Gasteiger partial charge < -0.3 is 9.88 Å². The van der Waals surface area contributed by atoms with Gasteiger partial charge in [-0.3, -0.25) is 4.79 Å². The highest BCUT2D eigenvalue weighted by Crippen LogP contribution is 2.23. The standard InChI is InChI=1S/C19H20FN3OS/c1-23-12-11-21-19(23)18(15-8-2-3-9-16(15)20)22-17(24)10-4-6-14-7-5-13-25-14/h2-3,5,7-9,11-13,18H,4,6,10H2,1H3,(H,22,24)/t18-/m0/s1. The molecule has 0 fully saturated rings. The molecule has 1 aromatic carbocycles. The number of carbonyl (C=O) groups is 1. The van der Waals surface area contributed by atoms with Crippen LogP contribution in [0.25, 0.3) is 0 Å². The van der Waals surface area contributed by atoms with Crippen LogP contribution in [0, 0.1) is 5.82 Å². The molecule has 0 aliphatic carbocycles. The van der Waals surface area contributed by atoms with Crippen molar-refractivity contribution in [1.82, 2.24) is 14.9 Å². The average molecular weight is 357 g/mol. The van der Waals surface area contributed by atoms with Crippen molar-refractivity contribution in [1.29, 1.82) is 0 Å². The molecule has 6 heteroatoms. The molecule has 2 aromatic heterocycles. The van der Waals surface area contributed by atoms with E-state index in [1.54, 1.807) is 46.5 Å². The lowest BCUT2D eigenvalue weighted by molar-refractivity contribution is -0.121. The van der Waals surface area contributed by atoms with Crippen molar-refractivity contribution < 1.29 is 9.18 Å². The quantitative estimate of drug-likeness (QED) is 0.698. The second-order valence-electron chi connectivity index (χ2n) is 5.85. The van der Waals surface area contributed by atoms with Gasteiger partial charge in [0.15, 0.2) is 0 Å². The van der Waals surface area contributed by atoms with Gasteiger partial charge >= 0.3 is 0 Å². The summed E-state index contributed by atoms with van der Waals surface area (Å²) in [6, 6.07) is 9.95. The van der Waals surface area contributed by atoms with Gasteiger partial charge in [0.25, 0.3) is 0 Å². The topological polar surface area (TPSA) is 46.9 Å². The lowest BCUT2D eigenvalue weighted by Gasteiger charge is -2.19. The summed E-state index contributed by atoms with van der Waals surface area (Å²) in [5.41, 5.74) is 0.420. The predicted octanol–water partition coefficient (Wildman–Crippen LogP) is 3.85. The molecule has 2 heterocycles. The summed E-state index contributed by atoms with van der Waals surface area (Å²) in [6.45, 7) is 0. The number of nitrogens with zero attached hydrogens (tertiary/aromatic N) is 2. The molecular formula is C19H20FN3OS. The summed E-state index contributed by atoms with van der Waals surface area (Å²) < 4.78 is 16.1. The van der Waals surface area contributed by atoms with E-state index in [9.17, 15) is 9.18 Å². The number of rotatable bonds is 7. The molecule has 130 valence electrons. The van der Waals surface area contributed by atoms with Crippen molar-refractivity contribution in [2.45, 2.75) is 25.3 Å². The monoisotopic (exact) mass is 357 g/mol. The van der Waals surface area contributed by atoms with E-state index in [4.69, 9.17) is 0 Å². The van der Waals surface area contributed by atoms with Crippen LogP contribution in [0.1, 0.15) is 35.1 Å². The van der Waals surface area contributed by atoms with Crippen molar-refractivity contribution in [3.05, 3.63) is 76.3 Å². The summed E-state index contributed by atoms with van der Waals surface area (Å²) in [7, 11) is 1.83. The Balaban J connectivity index is 1.71. The molecule has 1 N–H and O–H groups in total. The van der Waals surface area contributed by atoms with E-state index in [0.29, 0.717) is 17.8 Å². The smallest absolute Gasteiger partial charge is 0.220 e. The minimum atomic E-state index is -0.601. The number of aryl methyl sites for hydroxylation is 2. The Morgan fingerprint density at radius 1 is 1.32 bits per heavy atom. The van der Waals surface area contributed by atoms with Crippen LogP contribution in [0.5, 0.6) is 0 Å². The second kappa shape index (κ2) is 8.07. The van der Waals surface area contributed by atoms with E-state index in [1.165, 1.54) is 10.9 Å². The van der Waals surface area contributed by atoms with Crippen molar-refractivity contribution in [2.75, 3.05) is 0 Å². The molecule has 0 aliphatic heterocycles. The van der Waals surface area contributed by atoms with E-state index >= 15 is 0 Å². The van der Waals surface area contributed by atoms with Crippen molar-refractivity contribution in [3.63, 3.8) is 0 Å². The molecule has 0 saturated carbocycles. The fraction of sp³-hybridized carbons (Fsp3) is 0.263. The van der Waals surface area contributed by atoms with Crippen LogP contribution in [0.15, 0.2) is 54.2 Å². The largest absolute Gasteiger partial charge is 0.342 e. The third-order valence-electron chi connectivity index (χ3n) is 4.05. The van der Waals surface area contributed by atoms with E-state index in [1.807, 2.05) is 18.5 Å². The van der Waals surface area contributed by atoms with Gasteiger partial charge in [-0.25, -0.2) is 9.37 Å². The van der Waals surface area contributed by atoms with Gasteiger partial charge in [0.1, 0.15) is 17.7 Å². The minimum absolute atomic E-state index is 0.104. The van der Waals surface area contributed by atoms with Crippen LogP contribution in [0.4, 0.5) is 4.39 Å².